The Kier molecular flexibility index (Phi) is 6.08. The molecule has 0 aromatic carbocycles. The molecule has 0 saturated carbocycles. The highest BCUT2D eigenvalue weighted by atomic mass is 32.2. The Labute approximate surface area is 111 Å². The van der Waals surface area contributed by atoms with E-state index in [1.54, 1.807) is 0 Å². The summed E-state index contributed by atoms with van der Waals surface area (Å²) in [5.41, 5.74) is 0.108. The van der Waals surface area contributed by atoms with Crippen LogP contribution in [-0.4, -0.2) is 44.7 Å². The van der Waals surface area contributed by atoms with Gasteiger partial charge in [-0.25, -0.2) is 8.42 Å². The maximum absolute atomic E-state index is 11.8. The quantitative estimate of drug-likeness (QED) is 0.720. The van der Waals surface area contributed by atoms with Crippen molar-refractivity contribution in [3.05, 3.63) is 0 Å². The van der Waals surface area contributed by atoms with Crippen LogP contribution in [-0.2, 0) is 14.6 Å². The first-order valence-corrected chi connectivity index (χ1v) is 8.68. The van der Waals surface area contributed by atoms with Crippen molar-refractivity contribution in [2.45, 2.75) is 58.1 Å². The number of hydrogen-bond acceptors (Lipinski definition) is 4. The van der Waals surface area contributed by atoms with Crippen LogP contribution in [0, 0.1) is 0 Å². The molecule has 1 atom stereocenters. The van der Waals surface area contributed by atoms with E-state index in [-0.39, 0.29) is 17.4 Å². The van der Waals surface area contributed by atoms with Crippen LogP contribution in [0.15, 0.2) is 0 Å². The molecule has 0 radical (unpaired) electrons. The topological polar surface area (TPSA) is 55.4 Å². The van der Waals surface area contributed by atoms with Crippen molar-refractivity contribution in [1.29, 1.82) is 0 Å². The van der Waals surface area contributed by atoms with E-state index in [0.717, 1.165) is 38.8 Å². The van der Waals surface area contributed by atoms with Crippen LogP contribution >= 0.6 is 0 Å². The summed E-state index contributed by atoms with van der Waals surface area (Å²) in [6.07, 6.45) is 3.48. The van der Waals surface area contributed by atoms with Crippen LogP contribution in [0.1, 0.15) is 46.5 Å². The van der Waals surface area contributed by atoms with Crippen LogP contribution < -0.4 is 5.32 Å². The van der Waals surface area contributed by atoms with Gasteiger partial charge in [0.1, 0.15) is 0 Å². The van der Waals surface area contributed by atoms with Crippen molar-refractivity contribution in [2.75, 3.05) is 24.7 Å². The Bertz CT molecular complexity index is 327. The third-order valence-electron chi connectivity index (χ3n) is 3.00. The highest BCUT2D eigenvalue weighted by molar-refractivity contribution is 7.91. The summed E-state index contributed by atoms with van der Waals surface area (Å²) in [4.78, 5) is 0. The molecule has 108 valence electrons. The van der Waals surface area contributed by atoms with Crippen LogP contribution in [0.2, 0.25) is 0 Å². The highest BCUT2D eigenvalue weighted by Gasteiger charge is 2.22. The summed E-state index contributed by atoms with van der Waals surface area (Å²) in [5, 5.41) is 3.36. The van der Waals surface area contributed by atoms with Crippen molar-refractivity contribution >= 4 is 9.84 Å². The van der Waals surface area contributed by atoms with Crippen molar-refractivity contribution in [2.24, 2.45) is 0 Å². The van der Waals surface area contributed by atoms with Gasteiger partial charge >= 0.3 is 0 Å². The second kappa shape index (κ2) is 6.87. The first-order valence-electron chi connectivity index (χ1n) is 6.86. The fourth-order valence-corrected chi connectivity index (χ4v) is 3.69. The largest absolute Gasteiger partial charge is 0.377 e. The summed E-state index contributed by atoms with van der Waals surface area (Å²) in [7, 11) is -2.93. The smallest absolute Gasteiger partial charge is 0.152 e. The molecule has 0 spiro atoms. The lowest BCUT2D eigenvalue weighted by molar-refractivity contribution is 0.127. The lowest BCUT2D eigenvalue weighted by atomic mass is 10.1. The molecule has 1 aliphatic rings. The second-order valence-electron chi connectivity index (χ2n) is 6.13. The molecule has 1 rings (SSSR count). The minimum Gasteiger partial charge on any atom is -0.377 e. The predicted molar refractivity (Wildman–Crippen MR) is 74.6 cm³/mol. The van der Waals surface area contributed by atoms with E-state index in [1.165, 1.54) is 0 Å². The fourth-order valence-electron chi connectivity index (χ4n) is 2.05. The molecule has 5 heteroatoms. The molecule has 1 aliphatic heterocycles. The Morgan fingerprint density at radius 2 is 2.00 bits per heavy atom. The van der Waals surface area contributed by atoms with Gasteiger partial charge in [0.2, 0.25) is 0 Å². The Morgan fingerprint density at radius 3 is 2.56 bits per heavy atom. The first-order chi connectivity index (χ1) is 8.29. The van der Waals surface area contributed by atoms with E-state index in [9.17, 15) is 8.42 Å². The zero-order valence-corrected chi connectivity index (χ0v) is 12.7. The lowest BCUT2D eigenvalue weighted by Crippen LogP contribution is -2.36. The molecule has 0 aliphatic carbocycles. The molecule has 0 bridgehead atoms. The summed E-state index contributed by atoms with van der Waals surface area (Å²) in [5.74, 6) is 0.498. The third kappa shape index (κ3) is 7.34. The molecule has 1 unspecified atom stereocenters. The number of rotatable bonds is 7. The van der Waals surface area contributed by atoms with Crippen molar-refractivity contribution in [1.82, 2.24) is 5.32 Å². The molecule has 1 heterocycles. The van der Waals surface area contributed by atoms with Crippen molar-refractivity contribution in [3.8, 4) is 0 Å². The monoisotopic (exact) mass is 277 g/mol. The van der Waals surface area contributed by atoms with Crippen LogP contribution in [0.5, 0.6) is 0 Å². The fraction of sp³-hybridized carbons (Fsp3) is 1.00. The van der Waals surface area contributed by atoms with Crippen LogP contribution in [0.4, 0.5) is 0 Å². The summed E-state index contributed by atoms with van der Waals surface area (Å²) < 4.78 is 29.1. The van der Waals surface area contributed by atoms with Gasteiger partial charge in [0.25, 0.3) is 0 Å². The molecule has 0 amide bonds. The number of sulfone groups is 1. The number of nitrogens with one attached hydrogen (secondary N) is 1. The second-order valence-corrected chi connectivity index (χ2v) is 8.36. The van der Waals surface area contributed by atoms with Gasteiger partial charge in [-0.3, -0.25) is 0 Å². The molecule has 1 fully saturated rings. The Hall–Kier alpha value is -0.130. The van der Waals surface area contributed by atoms with Crippen molar-refractivity contribution in [3.63, 3.8) is 0 Å². The summed E-state index contributed by atoms with van der Waals surface area (Å²) in [6.45, 7) is 7.93. The highest BCUT2D eigenvalue weighted by Crippen LogP contribution is 2.14. The summed E-state index contributed by atoms with van der Waals surface area (Å²) >= 11 is 0. The standard InChI is InChI=1S/C13H27NO3S/c1-13(2,3)14-8-4-5-10-18(15,16)11-12-7-6-9-17-12/h12,14H,4-11H2,1-3H3. The van der Waals surface area contributed by atoms with Gasteiger partial charge in [0.15, 0.2) is 9.84 Å². The minimum absolute atomic E-state index is 0.0531. The van der Waals surface area contributed by atoms with E-state index >= 15 is 0 Å². The van der Waals surface area contributed by atoms with Gasteiger partial charge in [0.05, 0.1) is 17.6 Å². The third-order valence-corrected chi connectivity index (χ3v) is 4.79. The zero-order valence-electron chi connectivity index (χ0n) is 11.9. The van der Waals surface area contributed by atoms with Gasteiger partial charge in [0, 0.05) is 12.1 Å². The number of unbranched alkanes of at least 4 members (excludes halogenated alkanes) is 1. The average molecular weight is 277 g/mol. The van der Waals surface area contributed by atoms with Gasteiger partial charge in [-0.1, -0.05) is 0 Å². The van der Waals surface area contributed by atoms with E-state index < -0.39 is 9.84 Å². The first kappa shape index (κ1) is 15.9. The molecular weight excluding hydrogens is 250 g/mol. The molecule has 4 nitrogen and oxygen atoms in total. The SMILES string of the molecule is CC(C)(C)NCCCCS(=O)(=O)CC1CCCO1. The van der Waals surface area contributed by atoms with E-state index in [2.05, 4.69) is 26.1 Å². The average Bonchev–Trinajstić information content (AvgIpc) is 2.67. The molecule has 1 N–H and O–H groups in total. The van der Waals surface area contributed by atoms with Gasteiger partial charge in [-0.15, -0.1) is 0 Å². The molecule has 0 aromatic heterocycles. The molecule has 1 saturated heterocycles. The van der Waals surface area contributed by atoms with Gasteiger partial charge in [-0.05, 0) is 53.0 Å². The predicted octanol–water partition coefficient (Wildman–Crippen LogP) is 1.75. The normalized spacial score (nSPS) is 21.4. The summed E-state index contributed by atoms with van der Waals surface area (Å²) in [6, 6.07) is 0. The molecule has 0 aromatic rings. The number of ether oxygens (including phenoxy) is 1. The zero-order chi connectivity index (χ0) is 13.6. The molecule has 18 heavy (non-hydrogen) atoms. The van der Waals surface area contributed by atoms with E-state index in [0.29, 0.717) is 5.75 Å². The van der Waals surface area contributed by atoms with E-state index in [1.807, 2.05) is 0 Å². The van der Waals surface area contributed by atoms with E-state index in [4.69, 9.17) is 4.74 Å². The van der Waals surface area contributed by atoms with Gasteiger partial charge in [-0.2, -0.15) is 0 Å². The maximum Gasteiger partial charge on any atom is 0.152 e. The van der Waals surface area contributed by atoms with Gasteiger partial charge < -0.3 is 10.1 Å². The minimum atomic E-state index is -2.93. The van der Waals surface area contributed by atoms with Crippen LogP contribution in [0.3, 0.4) is 0 Å². The Morgan fingerprint density at radius 1 is 1.28 bits per heavy atom. The van der Waals surface area contributed by atoms with Crippen LogP contribution in [0.25, 0.3) is 0 Å². The lowest BCUT2D eigenvalue weighted by Gasteiger charge is -2.20. The van der Waals surface area contributed by atoms with Crippen molar-refractivity contribution < 1.29 is 13.2 Å². The Balaban J connectivity index is 2.13. The molecular formula is C13H27NO3S. The maximum atomic E-state index is 11.8. The number of hydrogen-bond donors (Lipinski definition) is 1.